The molecule has 0 spiro atoms. The average Bonchev–Trinajstić information content (AvgIpc) is 3.02. The number of nitrogens with two attached hydrogens (primary N) is 1. The number of nitrogens with zero attached hydrogens (tertiary/aromatic N) is 2. The number of ether oxygens (including phenoxy) is 1. The highest BCUT2D eigenvalue weighted by Crippen LogP contribution is 2.29. The van der Waals surface area contributed by atoms with Gasteiger partial charge in [-0.15, -0.1) is 0 Å². The predicted octanol–water partition coefficient (Wildman–Crippen LogP) is 1.98. The number of amides is 1. The summed E-state index contributed by atoms with van der Waals surface area (Å²) in [5, 5.41) is 0. The monoisotopic (exact) mass is 325 g/mol. The number of carbonyl (C=O) groups excluding carboxylic acids is 1. The van der Waals surface area contributed by atoms with Crippen LogP contribution in [0.3, 0.4) is 0 Å². The summed E-state index contributed by atoms with van der Waals surface area (Å²) in [5.74, 6) is 1.14. The number of hydrogen-bond acceptors (Lipinski definition) is 4. The van der Waals surface area contributed by atoms with E-state index in [1.165, 1.54) is 0 Å². The lowest BCUT2D eigenvalue weighted by atomic mass is 9.95. The Morgan fingerprint density at radius 1 is 1.29 bits per heavy atom. The van der Waals surface area contributed by atoms with Crippen molar-refractivity contribution >= 4 is 5.91 Å². The Labute approximate surface area is 142 Å². The van der Waals surface area contributed by atoms with E-state index in [-0.39, 0.29) is 17.9 Å². The second-order valence-electron chi connectivity index (χ2n) is 6.20. The number of hydrogen-bond donors (Lipinski definition) is 1. The molecule has 126 valence electrons. The molecule has 24 heavy (non-hydrogen) atoms. The fraction of sp³-hybridized carbons (Fsp3) is 0.368. The Balaban J connectivity index is 1.61. The number of pyridine rings is 1. The fourth-order valence-corrected chi connectivity index (χ4v) is 3.22. The summed E-state index contributed by atoms with van der Waals surface area (Å²) in [6.07, 6.45) is 4.74. The third-order valence-corrected chi connectivity index (χ3v) is 4.62. The molecule has 2 aromatic rings. The van der Waals surface area contributed by atoms with Gasteiger partial charge in [-0.25, -0.2) is 0 Å². The summed E-state index contributed by atoms with van der Waals surface area (Å²) < 4.78 is 5.29. The molecule has 0 saturated carbocycles. The van der Waals surface area contributed by atoms with Crippen LogP contribution in [0.4, 0.5) is 0 Å². The minimum atomic E-state index is -0.0398. The van der Waals surface area contributed by atoms with Crippen LogP contribution in [0, 0.1) is 0 Å². The average molecular weight is 325 g/mol. The molecule has 2 N–H and O–H groups in total. The van der Waals surface area contributed by atoms with Crippen molar-refractivity contribution in [2.45, 2.75) is 24.8 Å². The van der Waals surface area contributed by atoms with Gasteiger partial charge in [0.1, 0.15) is 5.75 Å². The van der Waals surface area contributed by atoms with Gasteiger partial charge in [0.05, 0.1) is 7.11 Å². The van der Waals surface area contributed by atoms with Crippen molar-refractivity contribution in [1.29, 1.82) is 0 Å². The zero-order valence-corrected chi connectivity index (χ0v) is 13.9. The van der Waals surface area contributed by atoms with Crippen molar-refractivity contribution in [2.75, 3.05) is 20.2 Å². The van der Waals surface area contributed by atoms with Crippen LogP contribution in [0.25, 0.3) is 0 Å². The van der Waals surface area contributed by atoms with Gasteiger partial charge in [0, 0.05) is 43.9 Å². The predicted molar refractivity (Wildman–Crippen MR) is 92.8 cm³/mol. The molecule has 1 aliphatic rings. The largest absolute Gasteiger partial charge is 0.497 e. The highest BCUT2D eigenvalue weighted by molar-refractivity contribution is 5.77. The second-order valence-corrected chi connectivity index (χ2v) is 6.20. The lowest BCUT2D eigenvalue weighted by molar-refractivity contribution is -0.130. The summed E-state index contributed by atoms with van der Waals surface area (Å²) >= 11 is 0. The number of benzene rings is 1. The van der Waals surface area contributed by atoms with Gasteiger partial charge in [-0.3, -0.25) is 9.78 Å². The summed E-state index contributed by atoms with van der Waals surface area (Å²) in [4.78, 5) is 18.4. The van der Waals surface area contributed by atoms with Gasteiger partial charge in [0.2, 0.25) is 5.91 Å². The van der Waals surface area contributed by atoms with Crippen LogP contribution in [0.2, 0.25) is 0 Å². The Morgan fingerprint density at radius 3 is 2.83 bits per heavy atom. The zero-order chi connectivity index (χ0) is 16.9. The summed E-state index contributed by atoms with van der Waals surface area (Å²) in [6.45, 7) is 1.28. The first-order chi connectivity index (χ1) is 11.7. The lowest BCUT2D eigenvalue weighted by Crippen LogP contribution is -2.32. The van der Waals surface area contributed by atoms with E-state index in [9.17, 15) is 4.79 Å². The molecule has 1 aromatic heterocycles. The highest BCUT2D eigenvalue weighted by Gasteiger charge is 2.33. The minimum absolute atomic E-state index is 0.0398. The van der Waals surface area contributed by atoms with Crippen LogP contribution >= 0.6 is 0 Å². The first-order valence-corrected chi connectivity index (χ1v) is 8.23. The molecule has 0 bridgehead atoms. The number of aromatic nitrogens is 1. The molecule has 1 amide bonds. The third kappa shape index (κ3) is 3.74. The topological polar surface area (TPSA) is 68.5 Å². The van der Waals surface area contributed by atoms with E-state index in [1.54, 1.807) is 19.5 Å². The number of methoxy groups -OCH3 is 1. The Bertz CT molecular complexity index is 690. The number of rotatable bonds is 5. The van der Waals surface area contributed by atoms with Crippen LogP contribution in [0.5, 0.6) is 5.75 Å². The molecule has 2 atom stereocenters. The maximum absolute atomic E-state index is 12.5. The molecule has 2 heterocycles. The molecule has 5 nitrogen and oxygen atoms in total. The first-order valence-electron chi connectivity index (χ1n) is 8.23. The molecule has 5 heteroatoms. The summed E-state index contributed by atoms with van der Waals surface area (Å²) in [5.41, 5.74) is 8.56. The van der Waals surface area contributed by atoms with Gasteiger partial charge in [0.15, 0.2) is 0 Å². The van der Waals surface area contributed by atoms with Crippen LogP contribution < -0.4 is 10.5 Å². The quantitative estimate of drug-likeness (QED) is 0.913. The molecular weight excluding hydrogens is 302 g/mol. The summed E-state index contributed by atoms with van der Waals surface area (Å²) in [7, 11) is 1.66. The molecule has 1 fully saturated rings. The SMILES string of the molecule is COc1cccc([C@@H]2CN(C(=O)CCc3ccncc3)C[C@H]2N)c1. The number of carbonyl (C=O) groups is 1. The maximum Gasteiger partial charge on any atom is 0.222 e. The van der Waals surface area contributed by atoms with Crippen molar-refractivity contribution in [2.24, 2.45) is 5.73 Å². The number of aryl methyl sites for hydroxylation is 1. The minimum Gasteiger partial charge on any atom is -0.497 e. The van der Waals surface area contributed by atoms with Crippen molar-refractivity contribution in [3.63, 3.8) is 0 Å². The standard InChI is InChI=1S/C19H23N3O2/c1-24-16-4-2-3-15(11-16)17-12-22(13-18(17)20)19(23)6-5-14-7-9-21-10-8-14/h2-4,7-11,17-18H,5-6,12-13,20H2,1H3/t17-,18+/m0/s1. The van der Waals surface area contributed by atoms with Crippen LogP contribution in [0.1, 0.15) is 23.5 Å². The van der Waals surface area contributed by atoms with Gasteiger partial charge in [0.25, 0.3) is 0 Å². The normalized spacial score (nSPS) is 20.2. The molecule has 1 saturated heterocycles. The van der Waals surface area contributed by atoms with E-state index >= 15 is 0 Å². The Morgan fingerprint density at radius 2 is 2.08 bits per heavy atom. The van der Waals surface area contributed by atoms with Crippen molar-refractivity contribution in [3.8, 4) is 5.75 Å². The van der Waals surface area contributed by atoms with Gasteiger partial charge in [-0.2, -0.15) is 0 Å². The van der Waals surface area contributed by atoms with Crippen molar-refractivity contribution < 1.29 is 9.53 Å². The van der Waals surface area contributed by atoms with Gasteiger partial charge < -0.3 is 15.4 Å². The fourth-order valence-electron chi connectivity index (χ4n) is 3.22. The molecule has 1 aromatic carbocycles. The third-order valence-electron chi connectivity index (χ3n) is 4.62. The summed E-state index contributed by atoms with van der Waals surface area (Å²) in [6, 6.07) is 11.8. The van der Waals surface area contributed by atoms with Gasteiger partial charge >= 0.3 is 0 Å². The molecule has 0 unspecified atom stereocenters. The van der Waals surface area contributed by atoms with Crippen molar-refractivity contribution in [1.82, 2.24) is 9.88 Å². The van der Waals surface area contributed by atoms with Crippen LogP contribution in [-0.2, 0) is 11.2 Å². The highest BCUT2D eigenvalue weighted by atomic mass is 16.5. The Kier molecular flexibility index (Phi) is 5.11. The second kappa shape index (κ2) is 7.45. The van der Waals surface area contributed by atoms with Crippen molar-refractivity contribution in [3.05, 3.63) is 59.9 Å². The molecule has 3 rings (SSSR count). The first kappa shape index (κ1) is 16.5. The Hall–Kier alpha value is -2.40. The van der Waals surface area contributed by atoms with E-state index in [1.807, 2.05) is 35.2 Å². The van der Waals surface area contributed by atoms with E-state index in [0.29, 0.717) is 19.5 Å². The van der Waals surface area contributed by atoms with Gasteiger partial charge in [-0.1, -0.05) is 12.1 Å². The molecule has 1 aliphatic heterocycles. The van der Waals surface area contributed by atoms with Crippen LogP contribution in [-0.4, -0.2) is 42.0 Å². The molecular formula is C19H23N3O2. The molecule has 0 radical (unpaired) electrons. The van der Waals surface area contributed by atoms with E-state index in [4.69, 9.17) is 10.5 Å². The number of likely N-dealkylation sites (tertiary alicyclic amines) is 1. The zero-order valence-electron chi connectivity index (χ0n) is 13.9. The van der Waals surface area contributed by atoms with Gasteiger partial charge in [-0.05, 0) is 41.8 Å². The van der Waals surface area contributed by atoms with E-state index in [2.05, 4.69) is 11.1 Å². The smallest absolute Gasteiger partial charge is 0.222 e. The lowest BCUT2D eigenvalue weighted by Gasteiger charge is -2.17. The van der Waals surface area contributed by atoms with E-state index < -0.39 is 0 Å². The van der Waals surface area contributed by atoms with E-state index in [0.717, 1.165) is 23.3 Å². The van der Waals surface area contributed by atoms with Crippen LogP contribution in [0.15, 0.2) is 48.8 Å². The molecule has 0 aliphatic carbocycles. The maximum atomic E-state index is 12.5.